The third kappa shape index (κ3) is 4.27. The Hall–Kier alpha value is -1.95. The summed E-state index contributed by atoms with van der Waals surface area (Å²) in [6.45, 7) is 7.90. The largest absolute Gasteiger partial charge is 0.331 e. The Morgan fingerprint density at radius 2 is 1.95 bits per heavy atom. The summed E-state index contributed by atoms with van der Waals surface area (Å²) in [5.74, 6) is 0.601. The molecule has 6 heteroatoms. The number of nitro benzene ring substituents is 1. The first-order valence-electron chi connectivity index (χ1n) is 7.81. The van der Waals surface area contributed by atoms with E-state index in [1.165, 1.54) is 4.90 Å². The van der Waals surface area contributed by atoms with E-state index in [0.29, 0.717) is 18.9 Å². The summed E-state index contributed by atoms with van der Waals surface area (Å²) < 4.78 is 0. The molecule has 0 bridgehead atoms. The van der Waals surface area contributed by atoms with Crippen molar-refractivity contribution in [1.29, 1.82) is 0 Å². The van der Waals surface area contributed by atoms with Gasteiger partial charge in [0.25, 0.3) is 5.69 Å². The number of nitro groups is 1. The van der Waals surface area contributed by atoms with Gasteiger partial charge in [0, 0.05) is 12.5 Å². The summed E-state index contributed by atoms with van der Waals surface area (Å²) in [7, 11) is 0. The molecule has 0 spiro atoms. The monoisotopic (exact) mass is 306 g/mol. The van der Waals surface area contributed by atoms with Crippen molar-refractivity contribution in [2.24, 2.45) is 5.92 Å². The molecule has 1 saturated heterocycles. The van der Waals surface area contributed by atoms with Crippen molar-refractivity contribution >= 4 is 11.6 Å². The normalized spacial score (nSPS) is 16.0. The highest BCUT2D eigenvalue weighted by atomic mass is 16.6. The molecular formula is C16H24N3O3+. The topological polar surface area (TPSA) is 67.9 Å². The number of para-hydroxylation sites is 1. The number of hydrogen-bond donors (Lipinski definition) is 1. The zero-order valence-electron chi connectivity index (χ0n) is 13.2. The molecule has 0 atom stereocenters. The van der Waals surface area contributed by atoms with Crippen LogP contribution in [0.15, 0.2) is 24.3 Å². The molecule has 1 aliphatic heterocycles. The molecule has 0 unspecified atom stereocenters. The van der Waals surface area contributed by atoms with Gasteiger partial charge in [-0.05, 0) is 12.0 Å². The summed E-state index contributed by atoms with van der Waals surface area (Å²) in [6, 6.07) is 6.91. The number of nitrogens with zero attached hydrogens (tertiary/aromatic N) is 2. The molecule has 1 aromatic carbocycles. The predicted octanol–water partition coefficient (Wildman–Crippen LogP) is 0.868. The molecule has 1 heterocycles. The van der Waals surface area contributed by atoms with Gasteiger partial charge < -0.3 is 9.80 Å². The Labute approximate surface area is 130 Å². The quantitative estimate of drug-likeness (QED) is 0.648. The third-order valence-electron chi connectivity index (χ3n) is 4.03. The van der Waals surface area contributed by atoms with Gasteiger partial charge in [-0.1, -0.05) is 26.0 Å². The lowest BCUT2D eigenvalue weighted by Gasteiger charge is -2.32. The number of nitrogens with one attached hydrogen (secondary N) is 1. The van der Waals surface area contributed by atoms with E-state index in [-0.39, 0.29) is 16.5 Å². The van der Waals surface area contributed by atoms with Crippen molar-refractivity contribution in [3.8, 4) is 0 Å². The summed E-state index contributed by atoms with van der Waals surface area (Å²) in [5.41, 5.74) is 0.956. The van der Waals surface area contributed by atoms with Gasteiger partial charge in [-0.3, -0.25) is 14.9 Å². The Kier molecular flexibility index (Phi) is 5.49. The molecule has 0 saturated carbocycles. The molecule has 22 heavy (non-hydrogen) atoms. The summed E-state index contributed by atoms with van der Waals surface area (Å²) >= 11 is 0. The van der Waals surface area contributed by atoms with Gasteiger partial charge in [-0.15, -0.1) is 0 Å². The van der Waals surface area contributed by atoms with E-state index in [1.807, 2.05) is 30.9 Å². The van der Waals surface area contributed by atoms with Crippen molar-refractivity contribution in [2.45, 2.75) is 26.8 Å². The summed E-state index contributed by atoms with van der Waals surface area (Å²) in [6.07, 6.45) is 0.597. The fourth-order valence-corrected chi connectivity index (χ4v) is 2.84. The van der Waals surface area contributed by atoms with Gasteiger partial charge in [-0.2, -0.15) is 0 Å². The Morgan fingerprint density at radius 3 is 2.55 bits per heavy atom. The van der Waals surface area contributed by atoms with Crippen LogP contribution in [0.25, 0.3) is 0 Å². The van der Waals surface area contributed by atoms with Crippen molar-refractivity contribution in [1.82, 2.24) is 4.90 Å². The van der Waals surface area contributed by atoms with Gasteiger partial charge in [0.2, 0.25) is 5.91 Å². The van der Waals surface area contributed by atoms with Crippen LogP contribution >= 0.6 is 0 Å². The van der Waals surface area contributed by atoms with Crippen LogP contribution in [-0.2, 0) is 11.3 Å². The van der Waals surface area contributed by atoms with Gasteiger partial charge in [-0.25, -0.2) is 0 Å². The molecule has 1 fully saturated rings. The average molecular weight is 306 g/mol. The number of carbonyl (C=O) groups excluding carboxylic acids is 1. The second kappa shape index (κ2) is 7.35. The fourth-order valence-electron chi connectivity index (χ4n) is 2.84. The van der Waals surface area contributed by atoms with Gasteiger partial charge in [0.1, 0.15) is 6.54 Å². The van der Waals surface area contributed by atoms with Crippen LogP contribution < -0.4 is 4.90 Å². The summed E-state index contributed by atoms with van der Waals surface area (Å²) in [4.78, 5) is 26.0. The molecular weight excluding hydrogens is 282 g/mol. The first-order valence-corrected chi connectivity index (χ1v) is 7.81. The molecule has 0 aliphatic carbocycles. The van der Waals surface area contributed by atoms with Crippen LogP contribution in [0.5, 0.6) is 0 Å². The van der Waals surface area contributed by atoms with Gasteiger partial charge in [0.05, 0.1) is 36.7 Å². The molecule has 2 rings (SSSR count). The standard InChI is InChI=1S/C16H23N3O3/c1-13(2)11-16(20)18-9-7-17(8-10-18)12-14-5-3-4-6-15(14)19(21)22/h3-6,13H,7-12H2,1-2H3/p+1. The second-order valence-corrected chi connectivity index (χ2v) is 6.29. The molecule has 1 amide bonds. The first-order chi connectivity index (χ1) is 10.5. The fraction of sp³-hybridized carbons (Fsp3) is 0.562. The number of hydrogen-bond acceptors (Lipinski definition) is 3. The number of carbonyl (C=O) groups is 1. The van der Waals surface area contributed by atoms with E-state index in [9.17, 15) is 14.9 Å². The van der Waals surface area contributed by atoms with Crippen molar-refractivity contribution in [3.63, 3.8) is 0 Å². The minimum Gasteiger partial charge on any atom is -0.331 e. The van der Waals surface area contributed by atoms with Gasteiger partial charge in [0.15, 0.2) is 0 Å². The van der Waals surface area contributed by atoms with E-state index in [4.69, 9.17) is 0 Å². The molecule has 1 N–H and O–H groups in total. The van der Waals surface area contributed by atoms with Crippen LogP contribution in [0.4, 0.5) is 5.69 Å². The van der Waals surface area contributed by atoms with E-state index in [1.54, 1.807) is 12.1 Å². The number of quaternary nitrogens is 1. The Balaban J connectivity index is 1.90. The average Bonchev–Trinajstić information content (AvgIpc) is 2.47. The van der Waals surface area contributed by atoms with Crippen LogP contribution in [0.1, 0.15) is 25.8 Å². The van der Waals surface area contributed by atoms with E-state index < -0.39 is 0 Å². The molecule has 6 nitrogen and oxygen atoms in total. The minimum atomic E-state index is -0.322. The summed E-state index contributed by atoms with van der Waals surface area (Å²) in [5, 5.41) is 11.1. The third-order valence-corrected chi connectivity index (χ3v) is 4.03. The van der Waals surface area contributed by atoms with E-state index in [2.05, 4.69) is 0 Å². The van der Waals surface area contributed by atoms with Crippen molar-refractivity contribution < 1.29 is 14.6 Å². The van der Waals surface area contributed by atoms with Crippen LogP contribution in [0.3, 0.4) is 0 Å². The number of benzene rings is 1. The maximum atomic E-state index is 12.0. The highest BCUT2D eigenvalue weighted by Gasteiger charge is 2.25. The number of amides is 1. The molecule has 1 aliphatic rings. The van der Waals surface area contributed by atoms with Gasteiger partial charge >= 0.3 is 0 Å². The molecule has 1 aromatic rings. The molecule has 0 radical (unpaired) electrons. The second-order valence-electron chi connectivity index (χ2n) is 6.29. The number of rotatable bonds is 5. The van der Waals surface area contributed by atoms with Crippen LogP contribution in [-0.4, -0.2) is 41.9 Å². The highest BCUT2D eigenvalue weighted by Crippen LogP contribution is 2.16. The minimum absolute atomic E-state index is 0.188. The van der Waals surface area contributed by atoms with Crippen molar-refractivity contribution in [3.05, 3.63) is 39.9 Å². The maximum Gasteiger partial charge on any atom is 0.278 e. The van der Waals surface area contributed by atoms with E-state index in [0.717, 1.165) is 31.7 Å². The maximum absolute atomic E-state index is 12.0. The lowest BCUT2D eigenvalue weighted by molar-refractivity contribution is -0.917. The van der Waals surface area contributed by atoms with Crippen LogP contribution in [0.2, 0.25) is 0 Å². The lowest BCUT2D eigenvalue weighted by Crippen LogP contribution is -3.13. The Morgan fingerprint density at radius 1 is 1.32 bits per heavy atom. The predicted molar refractivity (Wildman–Crippen MR) is 83.5 cm³/mol. The highest BCUT2D eigenvalue weighted by molar-refractivity contribution is 5.76. The SMILES string of the molecule is CC(C)CC(=O)N1CC[NH+](Cc2ccccc2[N+](=O)[O-])CC1. The van der Waals surface area contributed by atoms with Crippen molar-refractivity contribution in [2.75, 3.05) is 26.2 Å². The van der Waals surface area contributed by atoms with Crippen LogP contribution in [0, 0.1) is 16.0 Å². The molecule has 120 valence electrons. The smallest absolute Gasteiger partial charge is 0.278 e. The zero-order valence-corrected chi connectivity index (χ0v) is 13.2. The lowest BCUT2D eigenvalue weighted by atomic mass is 10.1. The zero-order chi connectivity index (χ0) is 16.1. The number of piperazine rings is 1. The van der Waals surface area contributed by atoms with E-state index >= 15 is 0 Å². The molecule has 0 aromatic heterocycles. The first kappa shape index (κ1) is 16.4. The Bertz CT molecular complexity index is 537.